The third-order valence-electron chi connectivity index (χ3n) is 5.73. The van der Waals surface area contributed by atoms with Crippen LogP contribution in [0.5, 0.6) is 0 Å². The molecule has 0 aromatic carbocycles. The lowest BCUT2D eigenvalue weighted by Crippen LogP contribution is -2.64. The molecule has 0 unspecified atom stereocenters. The van der Waals surface area contributed by atoms with Gasteiger partial charge < -0.3 is 14.0 Å². The highest BCUT2D eigenvalue weighted by atomic mass is 16.5. The van der Waals surface area contributed by atoms with Crippen LogP contribution in [0.1, 0.15) is 50.5 Å². The Balaban J connectivity index is 1.87. The van der Waals surface area contributed by atoms with Gasteiger partial charge in [-0.15, -0.1) is 0 Å². The minimum atomic E-state index is -0.0713. The molecule has 1 saturated carbocycles. The molecule has 0 N–H and O–H groups in total. The van der Waals surface area contributed by atoms with E-state index in [9.17, 15) is 4.79 Å². The first-order valence-electron chi connectivity index (χ1n) is 8.75. The van der Waals surface area contributed by atoms with Crippen molar-refractivity contribution in [3.8, 4) is 0 Å². The predicted molar refractivity (Wildman–Crippen MR) is 91.9 cm³/mol. The van der Waals surface area contributed by atoms with Crippen LogP contribution in [0.15, 0.2) is 24.8 Å². The standard InChI is InChI=1S/C18H26N4O2/c1-5-18(6-2)13(12-14(18)24-7-3)21(4)17(23)15-16-20-9-11-22(16)10-8-19-15/h8-11,13-14H,5-7,12H2,1-4H3/t13-,14-/m1/s1. The van der Waals surface area contributed by atoms with Crippen LogP contribution in [0.4, 0.5) is 0 Å². The Hall–Kier alpha value is -1.95. The summed E-state index contributed by atoms with van der Waals surface area (Å²) in [5, 5.41) is 0. The zero-order valence-electron chi connectivity index (χ0n) is 14.9. The highest BCUT2D eigenvalue weighted by Crippen LogP contribution is 2.51. The number of aromatic nitrogens is 3. The van der Waals surface area contributed by atoms with E-state index < -0.39 is 0 Å². The molecule has 1 aliphatic carbocycles. The summed E-state index contributed by atoms with van der Waals surface area (Å²) in [6.07, 6.45) is 10.1. The van der Waals surface area contributed by atoms with Crippen LogP contribution < -0.4 is 0 Å². The van der Waals surface area contributed by atoms with E-state index in [0.29, 0.717) is 17.9 Å². The average molecular weight is 330 g/mol. The average Bonchev–Trinajstić information content (AvgIpc) is 3.07. The maximum atomic E-state index is 13.0. The number of hydrogen-bond acceptors (Lipinski definition) is 4. The molecular formula is C18H26N4O2. The van der Waals surface area contributed by atoms with Crippen LogP contribution in [0.3, 0.4) is 0 Å². The Bertz CT molecular complexity index is 723. The van der Waals surface area contributed by atoms with E-state index in [2.05, 4.69) is 23.8 Å². The fourth-order valence-corrected chi connectivity index (χ4v) is 4.20. The first kappa shape index (κ1) is 16.9. The molecule has 6 nitrogen and oxygen atoms in total. The molecule has 2 aromatic heterocycles. The van der Waals surface area contributed by atoms with Gasteiger partial charge in [0.2, 0.25) is 0 Å². The Morgan fingerprint density at radius 1 is 1.29 bits per heavy atom. The van der Waals surface area contributed by atoms with E-state index in [1.807, 2.05) is 29.5 Å². The maximum Gasteiger partial charge on any atom is 0.276 e. The van der Waals surface area contributed by atoms with Gasteiger partial charge in [-0.05, 0) is 26.2 Å². The van der Waals surface area contributed by atoms with E-state index in [4.69, 9.17) is 4.74 Å². The molecule has 0 spiro atoms. The van der Waals surface area contributed by atoms with Gasteiger partial charge in [-0.3, -0.25) is 4.79 Å². The number of nitrogens with zero attached hydrogens (tertiary/aromatic N) is 4. The molecule has 1 amide bonds. The Morgan fingerprint density at radius 3 is 2.58 bits per heavy atom. The monoisotopic (exact) mass is 330 g/mol. The molecule has 1 aliphatic rings. The summed E-state index contributed by atoms with van der Waals surface area (Å²) in [6, 6.07) is 0.175. The van der Waals surface area contributed by atoms with Crippen molar-refractivity contribution in [1.82, 2.24) is 19.3 Å². The van der Waals surface area contributed by atoms with Gasteiger partial charge in [0.15, 0.2) is 11.3 Å². The van der Waals surface area contributed by atoms with E-state index >= 15 is 0 Å². The summed E-state index contributed by atoms with van der Waals surface area (Å²) in [7, 11) is 1.88. The third-order valence-corrected chi connectivity index (χ3v) is 5.73. The molecule has 2 aromatic rings. The summed E-state index contributed by atoms with van der Waals surface area (Å²) >= 11 is 0. The molecule has 3 rings (SSSR count). The fourth-order valence-electron chi connectivity index (χ4n) is 4.20. The predicted octanol–water partition coefficient (Wildman–Crippen LogP) is 2.79. The van der Waals surface area contributed by atoms with E-state index in [1.165, 1.54) is 0 Å². The van der Waals surface area contributed by atoms with Crippen molar-refractivity contribution in [3.63, 3.8) is 0 Å². The van der Waals surface area contributed by atoms with E-state index in [-0.39, 0.29) is 23.5 Å². The summed E-state index contributed by atoms with van der Waals surface area (Å²) in [4.78, 5) is 23.5. The molecule has 2 heterocycles. The van der Waals surface area contributed by atoms with Crippen LogP contribution in [0.25, 0.3) is 5.65 Å². The van der Waals surface area contributed by atoms with E-state index in [1.54, 1.807) is 18.6 Å². The van der Waals surface area contributed by atoms with Crippen LogP contribution in [-0.2, 0) is 4.74 Å². The van der Waals surface area contributed by atoms with Gasteiger partial charge in [-0.2, -0.15) is 0 Å². The highest BCUT2D eigenvalue weighted by molar-refractivity contribution is 5.97. The van der Waals surface area contributed by atoms with Gasteiger partial charge in [-0.1, -0.05) is 13.8 Å². The fraction of sp³-hybridized carbons (Fsp3) is 0.611. The van der Waals surface area contributed by atoms with Gasteiger partial charge in [0, 0.05) is 49.9 Å². The van der Waals surface area contributed by atoms with Crippen molar-refractivity contribution < 1.29 is 9.53 Å². The van der Waals surface area contributed by atoms with Crippen LogP contribution in [0, 0.1) is 5.41 Å². The van der Waals surface area contributed by atoms with Crippen LogP contribution >= 0.6 is 0 Å². The van der Waals surface area contributed by atoms with Gasteiger partial charge in [0.1, 0.15) is 0 Å². The van der Waals surface area contributed by atoms with Crippen LogP contribution in [-0.4, -0.2) is 51.0 Å². The molecule has 1 fully saturated rings. The molecule has 0 aliphatic heterocycles. The summed E-state index contributed by atoms with van der Waals surface area (Å²) < 4.78 is 7.75. The first-order valence-corrected chi connectivity index (χ1v) is 8.75. The zero-order valence-corrected chi connectivity index (χ0v) is 14.9. The topological polar surface area (TPSA) is 59.7 Å². The number of carbonyl (C=O) groups excluding carboxylic acids is 1. The number of carbonyl (C=O) groups is 1. The van der Waals surface area contributed by atoms with Gasteiger partial charge in [0.25, 0.3) is 5.91 Å². The minimum absolute atomic E-state index is 0.0287. The molecule has 0 bridgehead atoms. The van der Waals surface area contributed by atoms with E-state index in [0.717, 1.165) is 19.3 Å². The number of amides is 1. The van der Waals surface area contributed by atoms with Crippen molar-refractivity contribution in [2.24, 2.45) is 5.41 Å². The second-order valence-electron chi connectivity index (χ2n) is 6.49. The quantitative estimate of drug-likeness (QED) is 0.817. The number of ether oxygens (including phenoxy) is 1. The van der Waals surface area contributed by atoms with Crippen molar-refractivity contribution in [2.45, 2.75) is 52.2 Å². The van der Waals surface area contributed by atoms with Crippen molar-refractivity contribution >= 4 is 11.6 Å². The minimum Gasteiger partial charge on any atom is -0.378 e. The van der Waals surface area contributed by atoms with Crippen molar-refractivity contribution in [3.05, 3.63) is 30.5 Å². The normalized spacial score (nSPS) is 22.3. The molecular weight excluding hydrogens is 304 g/mol. The maximum absolute atomic E-state index is 13.0. The number of rotatable bonds is 6. The molecule has 0 radical (unpaired) electrons. The zero-order chi connectivity index (χ0) is 17.3. The van der Waals surface area contributed by atoms with Gasteiger partial charge >= 0.3 is 0 Å². The lowest BCUT2D eigenvalue weighted by molar-refractivity contribution is -0.159. The second kappa shape index (κ2) is 6.51. The molecule has 0 saturated heterocycles. The second-order valence-corrected chi connectivity index (χ2v) is 6.49. The number of hydrogen-bond donors (Lipinski definition) is 0. The lowest BCUT2D eigenvalue weighted by Gasteiger charge is -2.58. The summed E-state index contributed by atoms with van der Waals surface area (Å²) in [5.41, 5.74) is 1.04. The molecule has 6 heteroatoms. The SMILES string of the molecule is CCO[C@@H]1C[C@@H](N(C)C(=O)c2nccn3ccnc23)C1(CC)CC. The largest absolute Gasteiger partial charge is 0.378 e. The Kier molecular flexibility index (Phi) is 4.58. The highest BCUT2D eigenvalue weighted by Gasteiger charge is 2.56. The van der Waals surface area contributed by atoms with Gasteiger partial charge in [0.05, 0.1) is 6.10 Å². The van der Waals surface area contributed by atoms with Crippen molar-refractivity contribution in [1.29, 1.82) is 0 Å². The Labute approximate surface area is 142 Å². The number of fused-ring (bicyclic) bond motifs is 1. The smallest absolute Gasteiger partial charge is 0.276 e. The Morgan fingerprint density at radius 2 is 1.96 bits per heavy atom. The molecule has 2 atom stereocenters. The third kappa shape index (κ3) is 2.40. The van der Waals surface area contributed by atoms with Gasteiger partial charge in [-0.25, -0.2) is 9.97 Å². The first-order chi connectivity index (χ1) is 11.6. The van der Waals surface area contributed by atoms with Crippen LogP contribution in [0.2, 0.25) is 0 Å². The number of imidazole rings is 1. The molecule has 130 valence electrons. The lowest BCUT2D eigenvalue weighted by atomic mass is 9.58. The van der Waals surface area contributed by atoms with Crippen molar-refractivity contribution in [2.75, 3.05) is 13.7 Å². The molecule has 24 heavy (non-hydrogen) atoms. The summed E-state index contributed by atoms with van der Waals surface area (Å²) in [5.74, 6) is -0.0713. The summed E-state index contributed by atoms with van der Waals surface area (Å²) in [6.45, 7) is 7.12.